The minimum absolute atomic E-state index is 0.0168. The Morgan fingerprint density at radius 1 is 0.784 bits per heavy atom. The maximum absolute atomic E-state index is 13.5. The molecule has 2 saturated heterocycles. The second kappa shape index (κ2) is 31.2. The lowest BCUT2D eigenvalue weighted by Crippen LogP contribution is -2.58. The number of rotatable bonds is 33. The number of likely N-dealkylation sites (tertiary alicyclic amines) is 2. The molecule has 74 heavy (non-hydrogen) atoms. The van der Waals surface area contributed by atoms with Crippen molar-refractivity contribution in [3.8, 4) is 0 Å². The molecule has 0 saturated carbocycles. The summed E-state index contributed by atoms with van der Waals surface area (Å²) in [4.78, 5) is 155. The van der Waals surface area contributed by atoms with Crippen molar-refractivity contribution in [2.45, 2.75) is 153 Å². The number of anilines is 1. The molecule has 11 N–H and O–H groups in total. The molecule has 2 aliphatic rings. The van der Waals surface area contributed by atoms with Crippen molar-refractivity contribution in [2.75, 3.05) is 37.2 Å². The first-order valence-electron chi connectivity index (χ1n) is 24.6. The van der Waals surface area contributed by atoms with E-state index in [0.29, 0.717) is 57.2 Å². The van der Waals surface area contributed by atoms with Crippen LogP contribution in [0.1, 0.15) is 110 Å². The van der Waals surface area contributed by atoms with E-state index in [-0.39, 0.29) is 69.3 Å². The van der Waals surface area contributed by atoms with Crippen LogP contribution in [-0.2, 0) is 68.9 Å². The number of unbranched alkanes of at least 4 members (excludes halogenated alkanes) is 3. The number of aliphatic carboxylic acids is 3. The average Bonchev–Trinajstić information content (AvgIpc) is 3.93. The standard InChI is InChI=1S/C48H71N9O16S/c1-27(2)48(72)73-25-29-14-16-30(17-15-29)52-45(68)35-12-10-20-56(35)39(60)24-50-37(58)13-6-5-9-19-57-38(59)23-36(46(57)69)74-26-34(47(70)71)55-44(67)33(22-41(63)64)54-42(65)31(11-7-8-18-49)53-43(66)32(21-40(61)62)51-28(3)4/h14-17,27-28,31-36,51H,5-13,18-26,49H2,1-4H3,(H,50,58)(H,52,68)(H,53,66)(H,54,65)(H,55,67)(H,61,62)(H,63,64)(H,70,71). The molecule has 0 bridgehead atoms. The van der Waals surface area contributed by atoms with Crippen molar-refractivity contribution in [3.63, 3.8) is 0 Å². The van der Waals surface area contributed by atoms with Gasteiger partial charge in [0.15, 0.2) is 0 Å². The number of imide groups is 1. The Kier molecular flexibility index (Phi) is 25.9. The SMILES string of the molecule is CC(C)NC(CC(=O)O)C(=O)NC(CCCCN)C(=O)NC(CC(=O)O)C(=O)NC(CSC1CC(=O)N(CCCCCC(=O)NCC(=O)N2CCCC2C(=O)Nc2ccc(COC(=O)C(C)C)cc2)C1=O)C(=O)O. The number of amides is 8. The van der Waals surface area contributed by atoms with Crippen LogP contribution in [0.4, 0.5) is 5.69 Å². The molecule has 2 heterocycles. The number of esters is 1. The van der Waals surface area contributed by atoms with Crippen molar-refractivity contribution in [2.24, 2.45) is 11.7 Å². The van der Waals surface area contributed by atoms with Gasteiger partial charge >= 0.3 is 23.9 Å². The Morgan fingerprint density at radius 2 is 1.41 bits per heavy atom. The lowest BCUT2D eigenvalue weighted by molar-refractivity contribution is -0.148. The number of carboxylic acid groups (broad SMARTS) is 3. The van der Waals surface area contributed by atoms with Gasteiger partial charge in [0.1, 0.15) is 30.8 Å². The number of thioether (sulfide) groups is 1. The lowest BCUT2D eigenvalue weighted by Gasteiger charge is -2.26. The average molecular weight is 1060 g/mol. The number of nitrogens with zero attached hydrogens (tertiary/aromatic N) is 2. The van der Waals surface area contributed by atoms with Gasteiger partial charge in [-0.3, -0.25) is 57.6 Å². The summed E-state index contributed by atoms with van der Waals surface area (Å²) in [6.07, 6.45) is 1.03. The molecule has 26 heteroatoms. The number of hydrogen-bond acceptors (Lipinski definition) is 16. The summed E-state index contributed by atoms with van der Waals surface area (Å²) in [5.41, 5.74) is 6.82. The van der Waals surface area contributed by atoms with Gasteiger partial charge in [-0.15, -0.1) is 11.8 Å². The third-order valence-electron chi connectivity index (χ3n) is 11.8. The predicted octanol–water partition coefficient (Wildman–Crippen LogP) is -0.163. The Bertz CT molecular complexity index is 2180. The highest BCUT2D eigenvalue weighted by Gasteiger charge is 2.40. The van der Waals surface area contributed by atoms with E-state index in [4.69, 9.17) is 10.5 Å². The quantitative estimate of drug-likeness (QED) is 0.0248. The fourth-order valence-electron chi connectivity index (χ4n) is 7.84. The smallest absolute Gasteiger partial charge is 0.327 e. The fraction of sp³-hybridized carbons (Fsp3) is 0.625. The minimum Gasteiger partial charge on any atom is -0.481 e. The van der Waals surface area contributed by atoms with Gasteiger partial charge in [-0.2, -0.15) is 0 Å². The monoisotopic (exact) mass is 1060 g/mol. The van der Waals surface area contributed by atoms with Crippen LogP contribution in [-0.4, -0.2) is 170 Å². The zero-order valence-corrected chi connectivity index (χ0v) is 43.0. The Morgan fingerprint density at radius 3 is 2.03 bits per heavy atom. The molecule has 8 amide bonds. The lowest BCUT2D eigenvalue weighted by atomic mass is 10.1. The van der Waals surface area contributed by atoms with E-state index in [1.165, 1.54) is 4.90 Å². The summed E-state index contributed by atoms with van der Waals surface area (Å²) < 4.78 is 5.22. The van der Waals surface area contributed by atoms with E-state index in [1.54, 1.807) is 52.0 Å². The molecule has 0 radical (unpaired) electrons. The van der Waals surface area contributed by atoms with Crippen LogP contribution in [0.5, 0.6) is 0 Å². The summed E-state index contributed by atoms with van der Waals surface area (Å²) in [7, 11) is 0. The Balaban J connectivity index is 1.45. The topological polar surface area (TPSA) is 379 Å². The molecule has 2 aliphatic heterocycles. The van der Waals surface area contributed by atoms with Crippen LogP contribution in [0, 0.1) is 5.92 Å². The molecule has 0 aliphatic carbocycles. The van der Waals surface area contributed by atoms with Crippen LogP contribution in [0.3, 0.4) is 0 Å². The summed E-state index contributed by atoms with van der Waals surface area (Å²) in [5, 5.41) is 42.9. The van der Waals surface area contributed by atoms with Crippen molar-refractivity contribution in [1.82, 2.24) is 36.4 Å². The van der Waals surface area contributed by atoms with E-state index < -0.39 is 113 Å². The van der Waals surface area contributed by atoms with Gasteiger partial charge in [0.05, 0.1) is 36.6 Å². The van der Waals surface area contributed by atoms with Crippen LogP contribution in [0.25, 0.3) is 0 Å². The molecular formula is C48H71N9O16S. The van der Waals surface area contributed by atoms with Crippen LogP contribution in [0.15, 0.2) is 24.3 Å². The number of nitrogens with two attached hydrogens (primary N) is 1. The van der Waals surface area contributed by atoms with Gasteiger partial charge in [-0.1, -0.05) is 46.2 Å². The number of nitrogens with one attached hydrogen (secondary N) is 6. The zero-order chi connectivity index (χ0) is 55.1. The number of carbonyl (C=O) groups excluding carboxylic acids is 9. The molecular weight excluding hydrogens is 991 g/mol. The summed E-state index contributed by atoms with van der Waals surface area (Å²) >= 11 is 0.785. The van der Waals surface area contributed by atoms with Crippen LogP contribution in [0.2, 0.25) is 0 Å². The van der Waals surface area contributed by atoms with Gasteiger partial charge in [-0.25, -0.2) is 4.79 Å². The third-order valence-corrected chi connectivity index (χ3v) is 13.1. The second-order valence-corrected chi connectivity index (χ2v) is 19.8. The maximum atomic E-state index is 13.5. The van der Waals surface area contributed by atoms with Gasteiger partial charge in [0, 0.05) is 43.4 Å². The normalized spacial score (nSPS) is 17.0. The maximum Gasteiger partial charge on any atom is 0.327 e. The summed E-state index contributed by atoms with van der Waals surface area (Å²) in [5.74, 6) is -10.8. The largest absolute Gasteiger partial charge is 0.481 e. The van der Waals surface area contributed by atoms with Crippen molar-refractivity contribution in [3.05, 3.63) is 29.8 Å². The first-order valence-corrected chi connectivity index (χ1v) is 25.7. The predicted molar refractivity (Wildman–Crippen MR) is 266 cm³/mol. The molecule has 1 aromatic carbocycles. The molecule has 3 rings (SSSR count). The van der Waals surface area contributed by atoms with Gasteiger partial charge in [0.25, 0.3) is 0 Å². The number of carbonyl (C=O) groups is 12. The molecule has 0 aromatic heterocycles. The highest BCUT2D eigenvalue weighted by atomic mass is 32.2. The third kappa shape index (κ3) is 21.0. The molecule has 0 spiro atoms. The molecule has 1 aromatic rings. The molecule has 2 fully saturated rings. The Labute approximate surface area is 432 Å². The van der Waals surface area contributed by atoms with E-state index in [9.17, 15) is 72.9 Å². The second-order valence-electron chi connectivity index (χ2n) is 18.6. The summed E-state index contributed by atoms with van der Waals surface area (Å²) in [6, 6.07) is -0.422. The minimum atomic E-state index is -1.83. The van der Waals surface area contributed by atoms with E-state index >= 15 is 0 Å². The van der Waals surface area contributed by atoms with Crippen molar-refractivity contribution >= 4 is 88.6 Å². The number of carboxylic acids is 3. The van der Waals surface area contributed by atoms with E-state index in [2.05, 4.69) is 31.9 Å². The van der Waals surface area contributed by atoms with Crippen LogP contribution < -0.4 is 37.6 Å². The number of ether oxygens (including phenoxy) is 1. The first kappa shape index (κ1) is 61.6. The molecule has 25 nitrogen and oxygen atoms in total. The molecule has 410 valence electrons. The van der Waals surface area contributed by atoms with Gasteiger partial charge < -0.3 is 62.6 Å². The van der Waals surface area contributed by atoms with Crippen molar-refractivity contribution in [1.29, 1.82) is 0 Å². The molecule has 6 atom stereocenters. The number of hydrogen-bond donors (Lipinski definition) is 10. The first-order chi connectivity index (χ1) is 35.0. The fourth-order valence-corrected chi connectivity index (χ4v) is 9.02. The van der Waals surface area contributed by atoms with Gasteiger partial charge in [-0.05, 0) is 69.2 Å². The zero-order valence-electron chi connectivity index (χ0n) is 42.2. The van der Waals surface area contributed by atoms with Crippen LogP contribution >= 0.6 is 11.8 Å². The van der Waals surface area contributed by atoms with E-state index in [0.717, 1.165) is 22.2 Å². The highest BCUT2D eigenvalue weighted by Crippen LogP contribution is 2.27. The van der Waals surface area contributed by atoms with E-state index in [1.807, 2.05) is 0 Å². The molecule has 6 unspecified atom stereocenters. The highest BCUT2D eigenvalue weighted by molar-refractivity contribution is 8.00. The van der Waals surface area contributed by atoms with Crippen molar-refractivity contribution < 1.29 is 77.6 Å². The van der Waals surface area contributed by atoms with Gasteiger partial charge in [0.2, 0.25) is 47.3 Å². The summed E-state index contributed by atoms with van der Waals surface area (Å²) in [6.45, 7) is 7.19. The Hall–Kier alpha value is -6.67. The number of benzene rings is 1.